The lowest BCUT2D eigenvalue weighted by atomic mass is 10.2. The third-order valence-electron chi connectivity index (χ3n) is 3.24. The van der Waals surface area contributed by atoms with E-state index in [-0.39, 0.29) is 22.1 Å². The lowest BCUT2D eigenvalue weighted by molar-refractivity contribution is -0.274. The molecule has 3 rings (SSSR count). The van der Waals surface area contributed by atoms with Gasteiger partial charge in [-0.25, -0.2) is 13.4 Å². The van der Waals surface area contributed by atoms with Gasteiger partial charge in [0.15, 0.2) is 5.13 Å². The number of sulfonamides is 1. The van der Waals surface area contributed by atoms with Gasteiger partial charge in [-0.3, -0.25) is 14.8 Å². The zero-order chi connectivity index (χ0) is 20.5. The molecular formula is C16H12F3N3O4S2. The molecule has 0 saturated carbocycles. The summed E-state index contributed by atoms with van der Waals surface area (Å²) in [6.07, 6.45) is -3.82. The van der Waals surface area contributed by atoms with E-state index in [0.29, 0.717) is 10.2 Å². The van der Waals surface area contributed by atoms with Crippen LogP contribution in [-0.2, 0) is 10.0 Å². The van der Waals surface area contributed by atoms with E-state index in [1.807, 2.05) is 0 Å². The Kier molecular flexibility index (Phi) is 5.17. The van der Waals surface area contributed by atoms with Crippen molar-refractivity contribution < 1.29 is 31.1 Å². The molecule has 0 saturated heterocycles. The summed E-state index contributed by atoms with van der Waals surface area (Å²) in [4.78, 5) is 16.5. The van der Waals surface area contributed by atoms with Gasteiger partial charge in [0.1, 0.15) is 5.75 Å². The number of amides is 1. The summed E-state index contributed by atoms with van der Waals surface area (Å²) in [7, 11) is -3.50. The minimum Gasteiger partial charge on any atom is -0.406 e. The van der Waals surface area contributed by atoms with Crippen molar-refractivity contribution in [3.63, 3.8) is 0 Å². The number of aromatic nitrogens is 1. The molecule has 0 aliphatic carbocycles. The summed E-state index contributed by atoms with van der Waals surface area (Å²) in [5.41, 5.74) is 0.782. The number of nitrogens with zero attached hydrogens (tertiary/aromatic N) is 1. The summed E-state index contributed by atoms with van der Waals surface area (Å²) in [6, 6.07) is 9.46. The summed E-state index contributed by atoms with van der Waals surface area (Å²) in [6.45, 7) is 0. The summed E-state index contributed by atoms with van der Waals surface area (Å²) < 4.78 is 66.0. The van der Waals surface area contributed by atoms with Crippen LogP contribution in [0.2, 0.25) is 0 Å². The second kappa shape index (κ2) is 7.28. The Morgan fingerprint density at radius 1 is 1.18 bits per heavy atom. The van der Waals surface area contributed by atoms with Crippen LogP contribution in [0.1, 0.15) is 10.4 Å². The third kappa shape index (κ3) is 5.33. The van der Waals surface area contributed by atoms with Crippen molar-refractivity contribution >= 4 is 48.3 Å². The van der Waals surface area contributed by atoms with Gasteiger partial charge in [-0.1, -0.05) is 17.4 Å². The van der Waals surface area contributed by atoms with Crippen LogP contribution in [0.15, 0.2) is 42.5 Å². The lowest BCUT2D eigenvalue weighted by Gasteiger charge is -2.07. The molecule has 7 nitrogen and oxygen atoms in total. The highest BCUT2D eigenvalue weighted by Crippen LogP contribution is 2.31. The summed E-state index contributed by atoms with van der Waals surface area (Å²) >= 11 is 0.973. The maximum Gasteiger partial charge on any atom is 0.573 e. The summed E-state index contributed by atoms with van der Waals surface area (Å²) in [5, 5.41) is 2.71. The van der Waals surface area contributed by atoms with Crippen LogP contribution in [0.5, 0.6) is 5.75 Å². The molecule has 0 radical (unpaired) electrons. The van der Waals surface area contributed by atoms with Gasteiger partial charge in [-0.05, 0) is 30.3 Å². The van der Waals surface area contributed by atoms with Crippen molar-refractivity contribution in [1.29, 1.82) is 0 Å². The minimum absolute atomic E-state index is 0.172. The SMILES string of the molecule is CS(=O)(=O)Nc1cccc(C(=O)Nc2nc3ccc(OC(F)(F)F)cc3s2)c1. The Morgan fingerprint density at radius 3 is 2.61 bits per heavy atom. The molecule has 12 heteroatoms. The molecule has 2 aromatic carbocycles. The normalized spacial score (nSPS) is 12.0. The van der Waals surface area contributed by atoms with Gasteiger partial charge < -0.3 is 4.74 Å². The average molecular weight is 431 g/mol. The maximum atomic E-state index is 12.4. The largest absolute Gasteiger partial charge is 0.573 e. The molecule has 1 aromatic heterocycles. The second-order valence-electron chi connectivity index (χ2n) is 5.61. The molecule has 1 amide bonds. The van der Waals surface area contributed by atoms with Gasteiger partial charge in [0, 0.05) is 17.3 Å². The first-order chi connectivity index (χ1) is 13.0. The fourth-order valence-electron chi connectivity index (χ4n) is 2.26. The number of thiazole rings is 1. The number of rotatable bonds is 5. The molecule has 0 spiro atoms. The number of nitrogens with one attached hydrogen (secondary N) is 2. The molecule has 0 aliphatic rings. The summed E-state index contributed by atoms with van der Waals surface area (Å²) in [5.74, 6) is -0.941. The Bertz CT molecular complexity index is 1140. The molecular weight excluding hydrogens is 419 g/mol. The number of ether oxygens (including phenoxy) is 1. The van der Waals surface area contributed by atoms with Gasteiger partial charge in [0.2, 0.25) is 10.0 Å². The Hall–Kier alpha value is -2.86. The molecule has 148 valence electrons. The molecule has 2 N–H and O–H groups in total. The van der Waals surface area contributed by atoms with E-state index in [1.54, 1.807) is 0 Å². The number of carbonyl (C=O) groups excluding carboxylic acids is 1. The predicted octanol–water partition coefficient (Wildman–Crippen LogP) is 3.82. The van der Waals surface area contributed by atoms with E-state index < -0.39 is 22.3 Å². The molecule has 28 heavy (non-hydrogen) atoms. The van der Waals surface area contributed by atoms with Crippen LogP contribution in [0.4, 0.5) is 24.0 Å². The van der Waals surface area contributed by atoms with Crippen molar-refractivity contribution in [2.24, 2.45) is 0 Å². The molecule has 1 heterocycles. The average Bonchev–Trinajstić information content (AvgIpc) is 2.93. The highest BCUT2D eigenvalue weighted by Gasteiger charge is 2.31. The van der Waals surface area contributed by atoms with Gasteiger partial charge in [-0.15, -0.1) is 13.2 Å². The number of hydrogen-bond donors (Lipinski definition) is 2. The van der Waals surface area contributed by atoms with Gasteiger partial charge >= 0.3 is 6.36 Å². The zero-order valence-electron chi connectivity index (χ0n) is 14.1. The molecule has 0 unspecified atom stereocenters. The van der Waals surface area contributed by atoms with E-state index in [0.717, 1.165) is 23.7 Å². The topological polar surface area (TPSA) is 97.4 Å². The van der Waals surface area contributed by atoms with Crippen molar-refractivity contribution in [2.45, 2.75) is 6.36 Å². The van der Waals surface area contributed by atoms with Crippen molar-refractivity contribution in [1.82, 2.24) is 4.98 Å². The van der Waals surface area contributed by atoms with Gasteiger partial charge in [0.25, 0.3) is 5.91 Å². The number of anilines is 2. The molecule has 0 atom stereocenters. The first-order valence-corrected chi connectivity index (χ1v) is 10.2. The Balaban J connectivity index is 1.79. The van der Waals surface area contributed by atoms with Crippen molar-refractivity contribution in [2.75, 3.05) is 16.3 Å². The fraction of sp³-hybridized carbons (Fsp3) is 0.125. The monoisotopic (exact) mass is 431 g/mol. The van der Waals surface area contributed by atoms with E-state index in [4.69, 9.17) is 0 Å². The Morgan fingerprint density at radius 2 is 1.93 bits per heavy atom. The number of carbonyl (C=O) groups is 1. The molecule has 0 fully saturated rings. The van der Waals surface area contributed by atoms with E-state index in [9.17, 15) is 26.4 Å². The van der Waals surface area contributed by atoms with Gasteiger partial charge in [-0.2, -0.15) is 0 Å². The number of halogens is 3. The maximum absolute atomic E-state index is 12.4. The number of fused-ring (bicyclic) bond motifs is 1. The number of hydrogen-bond acceptors (Lipinski definition) is 6. The van der Waals surface area contributed by atoms with Gasteiger partial charge in [0.05, 0.1) is 16.5 Å². The molecule has 0 bridgehead atoms. The van der Waals surface area contributed by atoms with Crippen LogP contribution < -0.4 is 14.8 Å². The predicted molar refractivity (Wildman–Crippen MR) is 99.2 cm³/mol. The smallest absolute Gasteiger partial charge is 0.406 e. The van der Waals surface area contributed by atoms with E-state index >= 15 is 0 Å². The zero-order valence-corrected chi connectivity index (χ0v) is 15.7. The fourth-order valence-corrected chi connectivity index (χ4v) is 3.71. The van der Waals surface area contributed by atoms with Crippen LogP contribution in [0, 0.1) is 0 Å². The first kappa shape index (κ1) is 19.9. The molecule has 3 aromatic rings. The Labute approximate surface area is 161 Å². The van der Waals surface area contributed by atoms with Crippen LogP contribution in [0.25, 0.3) is 10.2 Å². The number of benzene rings is 2. The second-order valence-corrected chi connectivity index (χ2v) is 8.38. The quantitative estimate of drug-likeness (QED) is 0.640. The number of alkyl halides is 3. The van der Waals surface area contributed by atoms with Crippen LogP contribution >= 0.6 is 11.3 Å². The highest BCUT2D eigenvalue weighted by atomic mass is 32.2. The van der Waals surface area contributed by atoms with Crippen molar-refractivity contribution in [3.05, 3.63) is 48.0 Å². The standard InChI is InChI=1S/C16H12F3N3O4S2/c1-28(24,25)22-10-4-2-3-9(7-10)14(23)21-15-20-12-6-5-11(8-13(12)27-15)26-16(17,18)19/h2-8,22H,1H3,(H,20,21,23). The lowest BCUT2D eigenvalue weighted by Crippen LogP contribution is -2.16. The third-order valence-corrected chi connectivity index (χ3v) is 4.78. The minimum atomic E-state index is -4.81. The van der Waals surface area contributed by atoms with Crippen LogP contribution in [0.3, 0.4) is 0 Å². The molecule has 0 aliphatic heterocycles. The van der Waals surface area contributed by atoms with Crippen LogP contribution in [-0.4, -0.2) is 31.9 Å². The van der Waals surface area contributed by atoms with Crippen molar-refractivity contribution in [3.8, 4) is 5.75 Å². The first-order valence-electron chi connectivity index (χ1n) is 7.54. The van der Waals surface area contributed by atoms with E-state index in [1.165, 1.54) is 36.4 Å². The van der Waals surface area contributed by atoms with E-state index in [2.05, 4.69) is 19.8 Å². The highest BCUT2D eigenvalue weighted by molar-refractivity contribution is 7.92.